The van der Waals surface area contributed by atoms with Gasteiger partial charge in [-0.3, -0.25) is 4.79 Å². The number of aliphatic carboxylic acids is 1. The smallest absolute Gasteiger partial charge is 0.328 e. The normalized spacial score (nSPS) is 11.9. The minimum Gasteiger partial charge on any atom is -0.480 e. The highest BCUT2D eigenvalue weighted by Gasteiger charge is 2.21. The van der Waals surface area contributed by atoms with Crippen LogP contribution in [0.1, 0.15) is 35.9 Å². The van der Waals surface area contributed by atoms with Gasteiger partial charge in [0.2, 0.25) is 0 Å². The van der Waals surface area contributed by atoms with Gasteiger partial charge in [0, 0.05) is 11.9 Å². The lowest BCUT2D eigenvalue weighted by Gasteiger charge is -2.13. The molecular weight excluding hydrogens is 270 g/mol. The summed E-state index contributed by atoms with van der Waals surface area (Å²) < 4.78 is 1.20. The number of anilines is 1. The van der Waals surface area contributed by atoms with Crippen LogP contribution in [0.3, 0.4) is 0 Å². The molecule has 2 rings (SSSR count). The summed E-state index contributed by atoms with van der Waals surface area (Å²) in [7, 11) is 0. The molecule has 1 heterocycles. The Balaban J connectivity index is 2.26. The molecular formula is C15H17N3O3. The van der Waals surface area contributed by atoms with E-state index in [4.69, 9.17) is 5.11 Å². The Morgan fingerprint density at radius 1 is 1.33 bits per heavy atom. The van der Waals surface area contributed by atoms with Gasteiger partial charge in [0.15, 0.2) is 0 Å². The number of carbonyl (C=O) groups is 2. The van der Waals surface area contributed by atoms with Crippen molar-refractivity contribution >= 4 is 17.6 Å². The van der Waals surface area contributed by atoms with Crippen LogP contribution in [-0.4, -0.2) is 26.8 Å². The average Bonchev–Trinajstić information content (AvgIpc) is 2.96. The molecule has 0 saturated carbocycles. The first-order valence-corrected chi connectivity index (χ1v) is 6.70. The summed E-state index contributed by atoms with van der Waals surface area (Å²) in [6.07, 6.45) is 2.21. The molecule has 0 radical (unpaired) electrons. The lowest BCUT2D eigenvalue weighted by molar-refractivity contribution is -0.140. The molecule has 0 spiro atoms. The van der Waals surface area contributed by atoms with Crippen molar-refractivity contribution in [2.24, 2.45) is 0 Å². The summed E-state index contributed by atoms with van der Waals surface area (Å²) in [5.74, 6) is -1.41. The van der Waals surface area contributed by atoms with Gasteiger partial charge in [0.05, 0.1) is 0 Å². The van der Waals surface area contributed by atoms with E-state index in [1.54, 1.807) is 0 Å². The Labute approximate surface area is 122 Å². The van der Waals surface area contributed by atoms with Crippen molar-refractivity contribution in [1.29, 1.82) is 0 Å². The molecule has 21 heavy (non-hydrogen) atoms. The van der Waals surface area contributed by atoms with E-state index < -0.39 is 12.0 Å². The van der Waals surface area contributed by atoms with Crippen molar-refractivity contribution in [3.8, 4) is 0 Å². The van der Waals surface area contributed by atoms with Crippen LogP contribution in [0.5, 0.6) is 0 Å². The second-order valence-corrected chi connectivity index (χ2v) is 4.64. The predicted molar refractivity (Wildman–Crippen MR) is 78.3 cm³/mol. The van der Waals surface area contributed by atoms with Crippen molar-refractivity contribution in [3.63, 3.8) is 0 Å². The predicted octanol–water partition coefficient (Wildman–Crippen LogP) is 2.34. The number of carboxylic acid groups (broad SMARTS) is 1. The summed E-state index contributed by atoms with van der Waals surface area (Å²) in [5.41, 5.74) is 1.96. The number of rotatable bonds is 5. The first-order valence-electron chi connectivity index (χ1n) is 6.70. The summed E-state index contributed by atoms with van der Waals surface area (Å²) >= 11 is 0. The fourth-order valence-corrected chi connectivity index (χ4v) is 2.04. The summed E-state index contributed by atoms with van der Waals surface area (Å²) in [5, 5.41) is 15.8. The molecule has 2 N–H and O–H groups in total. The summed E-state index contributed by atoms with van der Waals surface area (Å²) in [6, 6.07) is 8.10. The highest BCUT2D eigenvalue weighted by atomic mass is 16.4. The van der Waals surface area contributed by atoms with Gasteiger partial charge in [-0.25, -0.2) is 9.48 Å². The third kappa shape index (κ3) is 3.10. The van der Waals surface area contributed by atoms with Crippen LogP contribution in [-0.2, 0) is 11.2 Å². The topological polar surface area (TPSA) is 84.2 Å². The quantitative estimate of drug-likeness (QED) is 0.884. The fourth-order valence-electron chi connectivity index (χ4n) is 2.04. The van der Waals surface area contributed by atoms with Crippen molar-refractivity contribution in [2.75, 3.05) is 5.32 Å². The van der Waals surface area contributed by atoms with Crippen molar-refractivity contribution in [2.45, 2.75) is 26.3 Å². The molecule has 1 aromatic heterocycles. The van der Waals surface area contributed by atoms with Crippen molar-refractivity contribution < 1.29 is 14.7 Å². The van der Waals surface area contributed by atoms with E-state index >= 15 is 0 Å². The lowest BCUT2D eigenvalue weighted by atomic mass is 10.1. The number of hydrogen-bond acceptors (Lipinski definition) is 3. The average molecular weight is 287 g/mol. The fraction of sp³-hybridized carbons (Fsp3) is 0.267. The number of para-hydroxylation sites is 1. The van der Waals surface area contributed by atoms with E-state index in [0.29, 0.717) is 0 Å². The van der Waals surface area contributed by atoms with Crippen LogP contribution in [0.25, 0.3) is 0 Å². The van der Waals surface area contributed by atoms with Gasteiger partial charge in [-0.1, -0.05) is 25.1 Å². The Kier molecular flexibility index (Phi) is 4.37. The van der Waals surface area contributed by atoms with Crippen molar-refractivity contribution in [1.82, 2.24) is 9.78 Å². The molecule has 2 aromatic rings. The van der Waals surface area contributed by atoms with Gasteiger partial charge >= 0.3 is 5.97 Å². The Bertz CT molecular complexity index is 664. The van der Waals surface area contributed by atoms with E-state index in [2.05, 4.69) is 10.4 Å². The summed E-state index contributed by atoms with van der Waals surface area (Å²) in [6.45, 7) is 3.48. The number of benzene rings is 1. The van der Waals surface area contributed by atoms with Crippen LogP contribution in [0.2, 0.25) is 0 Å². The molecule has 0 aliphatic carbocycles. The molecule has 0 aliphatic rings. The molecule has 6 nitrogen and oxygen atoms in total. The number of carbonyl (C=O) groups excluding carboxylic acids is 1. The maximum atomic E-state index is 12.3. The van der Waals surface area contributed by atoms with Crippen LogP contribution >= 0.6 is 0 Å². The van der Waals surface area contributed by atoms with Gasteiger partial charge < -0.3 is 10.4 Å². The van der Waals surface area contributed by atoms with Gasteiger partial charge in [-0.05, 0) is 31.0 Å². The Hall–Kier alpha value is -2.63. The van der Waals surface area contributed by atoms with Crippen LogP contribution < -0.4 is 5.32 Å². The second kappa shape index (κ2) is 6.21. The minimum absolute atomic E-state index is 0.218. The number of nitrogens with zero attached hydrogens (tertiary/aromatic N) is 2. The highest BCUT2D eigenvalue weighted by Crippen LogP contribution is 2.17. The third-order valence-electron chi connectivity index (χ3n) is 3.27. The highest BCUT2D eigenvalue weighted by molar-refractivity contribution is 6.03. The number of amides is 1. The van der Waals surface area contributed by atoms with E-state index in [-0.39, 0.29) is 11.6 Å². The van der Waals surface area contributed by atoms with Crippen LogP contribution in [0, 0.1) is 0 Å². The van der Waals surface area contributed by atoms with E-state index in [1.807, 2.05) is 31.2 Å². The molecule has 0 fully saturated rings. The summed E-state index contributed by atoms with van der Waals surface area (Å²) in [4.78, 5) is 23.4. The molecule has 1 atom stereocenters. The van der Waals surface area contributed by atoms with Crippen LogP contribution in [0.4, 0.5) is 5.69 Å². The van der Waals surface area contributed by atoms with E-state index in [0.717, 1.165) is 17.7 Å². The Morgan fingerprint density at radius 3 is 2.71 bits per heavy atom. The van der Waals surface area contributed by atoms with Gasteiger partial charge in [0.1, 0.15) is 11.7 Å². The van der Waals surface area contributed by atoms with E-state index in [9.17, 15) is 9.59 Å². The number of aryl methyl sites for hydroxylation is 1. The van der Waals surface area contributed by atoms with Gasteiger partial charge in [0.25, 0.3) is 5.91 Å². The SMILES string of the molecule is CCc1ccccc1NC(=O)c1ccnn1C(C)C(=O)O. The molecule has 6 heteroatoms. The molecule has 0 bridgehead atoms. The maximum absolute atomic E-state index is 12.3. The molecule has 1 unspecified atom stereocenters. The monoisotopic (exact) mass is 287 g/mol. The second-order valence-electron chi connectivity index (χ2n) is 4.64. The molecule has 1 amide bonds. The largest absolute Gasteiger partial charge is 0.480 e. The zero-order valence-corrected chi connectivity index (χ0v) is 11.9. The van der Waals surface area contributed by atoms with Crippen molar-refractivity contribution in [3.05, 3.63) is 47.8 Å². The molecule has 0 saturated heterocycles. The van der Waals surface area contributed by atoms with Gasteiger partial charge in [-0.15, -0.1) is 0 Å². The van der Waals surface area contributed by atoms with Gasteiger partial charge in [-0.2, -0.15) is 5.10 Å². The zero-order chi connectivity index (χ0) is 15.4. The molecule has 110 valence electrons. The minimum atomic E-state index is -1.04. The van der Waals surface area contributed by atoms with E-state index in [1.165, 1.54) is 23.9 Å². The first kappa shape index (κ1) is 14.8. The Morgan fingerprint density at radius 2 is 2.05 bits per heavy atom. The standard InChI is InChI=1S/C15H17N3O3/c1-3-11-6-4-5-7-12(11)17-14(19)13-8-9-16-18(13)10(2)15(20)21/h4-10H,3H2,1-2H3,(H,17,19)(H,20,21). The van der Waals surface area contributed by atoms with Crippen LogP contribution in [0.15, 0.2) is 36.5 Å². The number of nitrogens with one attached hydrogen (secondary N) is 1. The number of aromatic nitrogens is 2. The molecule has 0 aliphatic heterocycles. The lowest BCUT2D eigenvalue weighted by Crippen LogP contribution is -2.24. The number of hydrogen-bond donors (Lipinski definition) is 2. The maximum Gasteiger partial charge on any atom is 0.328 e. The molecule has 1 aromatic carbocycles. The zero-order valence-electron chi connectivity index (χ0n) is 11.9. The first-order chi connectivity index (χ1) is 10.0. The third-order valence-corrected chi connectivity index (χ3v) is 3.27. The number of carboxylic acids is 1.